The molecule has 0 aromatic carbocycles. The zero-order valence-electron chi connectivity index (χ0n) is 9.78. The Hall–Kier alpha value is -2.05. The number of rotatable bonds is 1. The van der Waals surface area contributed by atoms with Crippen molar-refractivity contribution in [1.29, 1.82) is 0 Å². The number of aryl methyl sites for hydroxylation is 2. The van der Waals surface area contributed by atoms with Gasteiger partial charge in [0.25, 0.3) is 0 Å². The van der Waals surface area contributed by atoms with Crippen molar-refractivity contribution < 1.29 is 13.2 Å². The van der Waals surface area contributed by atoms with Gasteiger partial charge < -0.3 is 5.73 Å². The third-order valence-electron chi connectivity index (χ3n) is 2.44. The second-order valence-corrected chi connectivity index (χ2v) is 3.97. The molecule has 0 atom stereocenters. The second-order valence-electron chi connectivity index (χ2n) is 3.97. The molecule has 0 fully saturated rings. The molecule has 0 aliphatic carbocycles. The van der Waals surface area contributed by atoms with Gasteiger partial charge in [0, 0.05) is 5.69 Å². The molecular weight excluding hydrogens is 245 g/mol. The van der Waals surface area contributed by atoms with Crippen LogP contribution in [0, 0.1) is 13.8 Å². The summed E-state index contributed by atoms with van der Waals surface area (Å²) in [5, 5.41) is 4.11. The van der Waals surface area contributed by atoms with Gasteiger partial charge >= 0.3 is 6.18 Å². The lowest BCUT2D eigenvalue weighted by atomic mass is 10.2. The number of anilines is 1. The van der Waals surface area contributed by atoms with E-state index in [-0.39, 0.29) is 11.4 Å². The molecule has 18 heavy (non-hydrogen) atoms. The number of hydrogen-bond acceptors (Lipinski definition) is 3. The highest BCUT2D eigenvalue weighted by Gasteiger charge is 2.33. The van der Waals surface area contributed by atoms with Gasteiger partial charge in [-0.15, -0.1) is 0 Å². The van der Waals surface area contributed by atoms with Gasteiger partial charge in [0.05, 0.1) is 23.3 Å². The molecule has 2 heterocycles. The monoisotopic (exact) mass is 256 g/mol. The number of nitrogens with two attached hydrogens (primary N) is 1. The summed E-state index contributed by atoms with van der Waals surface area (Å²) in [5.41, 5.74) is 6.41. The summed E-state index contributed by atoms with van der Waals surface area (Å²) < 4.78 is 39.1. The number of halogens is 3. The van der Waals surface area contributed by atoms with Crippen LogP contribution >= 0.6 is 0 Å². The minimum absolute atomic E-state index is 0.147. The van der Waals surface area contributed by atoms with Gasteiger partial charge in [0.15, 0.2) is 0 Å². The number of hydrogen-bond donors (Lipinski definition) is 1. The summed E-state index contributed by atoms with van der Waals surface area (Å²) in [5.74, 6) is 0. The van der Waals surface area contributed by atoms with E-state index in [4.69, 9.17) is 5.73 Å². The summed E-state index contributed by atoms with van der Waals surface area (Å²) in [6.07, 6.45) is -3.51. The summed E-state index contributed by atoms with van der Waals surface area (Å²) in [4.78, 5) is 3.28. The lowest BCUT2D eigenvalue weighted by molar-refractivity contribution is -0.141. The minimum Gasteiger partial charge on any atom is -0.396 e. The molecule has 0 aliphatic heterocycles. The number of pyridine rings is 1. The molecular formula is C11H11F3N4. The third-order valence-corrected chi connectivity index (χ3v) is 2.44. The van der Waals surface area contributed by atoms with E-state index in [0.29, 0.717) is 11.4 Å². The lowest BCUT2D eigenvalue weighted by Crippen LogP contribution is -2.11. The Morgan fingerprint density at radius 1 is 1.22 bits per heavy atom. The van der Waals surface area contributed by atoms with Crippen LogP contribution < -0.4 is 5.73 Å². The number of aromatic nitrogens is 3. The van der Waals surface area contributed by atoms with Crippen LogP contribution in [0.2, 0.25) is 0 Å². The maximum absolute atomic E-state index is 12.6. The van der Waals surface area contributed by atoms with Crippen molar-refractivity contribution in [2.45, 2.75) is 20.0 Å². The Morgan fingerprint density at radius 3 is 2.39 bits per heavy atom. The summed E-state index contributed by atoms with van der Waals surface area (Å²) in [6.45, 7) is 3.50. The van der Waals surface area contributed by atoms with Crippen LogP contribution in [0.25, 0.3) is 5.69 Å². The van der Waals surface area contributed by atoms with Crippen LogP contribution in [-0.4, -0.2) is 14.8 Å². The van der Waals surface area contributed by atoms with Gasteiger partial charge in [0.2, 0.25) is 0 Å². The first-order valence-electron chi connectivity index (χ1n) is 5.15. The molecule has 0 amide bonds. The van der Waals surface area contributed by atoms with Gasteiger partial charge in [-0.1, -0.05) is 0 Å². The highest BCUT2D eigenvalue weighted by atomic mass is 19.4. The molecule has 0 unspecified atom stereocenters. The zero-order valence-corrected chi connectivity index (χ0v) is 9.78. The van der Waals surface area contributed by atoms with Crippen LogP contribution in [0.15, 0.2) is 18.3 Å². The van der Waals surface area contributed by atoms with Crippen LogP contribution in [0.1, 0.15) is 17.1 Å². The van der Waals surface area contributed by atoms with Crippen molar-refractivity contribution >= 4 is 5.69 Å². The fraction of sp³-hybridized carbons (Fsp3) is 0.273. The fourth-order valence-electron chi connectivity index (χ4n) is 1.67. The van der Waals surface area contributed by atoms with Crippen molar-refractivity contribution in [2.24, 2.45) is 0 Å². The molecule has 7 heteroatoms. The summed E-state index contributed by atoms with van der Waals surface area (Å²) in [6, 6.07) is 2.65. The predicted octanol–water partition coefficient (Wildman–Crippen LogP) is 2.49. The Labute approximate surface area is 101 Å². The molecule has 2 aromatic heterocycles. The van der Waals surface area contributed by atoms with E-state index < -0.39 is 11.9 Å². The molecule has 0 spiro atoms. The molecule has 2 N–H and O–H groups in total. The van der Waals surface area contributed by atoms with Crippen molar-refractivity contribution in [2.75, 3.05) is 5.73 Å². The molecule has 2 aromatic rings. The number of nitrogens with zero attached hydrogens (tertiary/aromatic N) is 3. The van der Waals surface area contributed by atoms with Crippen molar-refractivity contribution in [1.82, 2.24) is 14.8 Å². The highest BCUT2D eigenvalue weighted by Crippen LogP contribution is 2.30. The van der Waals surface area contributed by atoms with E-state index in [1.165, 1.54) is 4.68 Å². The van der Waals surface area contributed by atoms with Gasteiger partial charge in [-0.05, 0) is 26.0 Å². The second kappa shape index (κ2) is 4.01. The molecule has 96 valence electrons. The number of alkyl halides is 3. The van der Waals surface area contributed by atoms with Crippen molar-refractivity contribution in [3.8, 4) is 5.69 Å². The topological polar surface area (TPSA) is 56.7 Å². The molecule has 2 rings (SSSR count). The lowest BCUT2D eigenvalue weighted by Gasteiger charge is -2.11. The SMILES string of the molecule is Cc1cc(C)n(-c2cc(C(F)(F)F)ncc2N)n1. The number of nitrogen functional groups attached to an aromatic ring is 1. The Balaban J connectivity index is 2.60. The first-order valence-corrected chi connectivity index (χ1v) is 5.15. The standard InChI is InChI=1S/C11H11F3N4/c1-6-3-7(2)18(17-6)9-4-10(11(12,13)14)16-5-8(9)15/h3-5H,15H2,1-2H3. The molecule has 0 radical (unpaired) electrons. The summed E-state index contributed by atoms with van der Waals surface area (Å²) in [7, 11) is 0. The van der Waals surface area contributed by atoms with Crippen LogP contribution in [0.3, 0.4) is 0 Å². The van der Waals surface area contributed by atoms with E-state index in [9.17, 15) is 13.2 Å². The highest BCUT2D eigenvalue weighted by molar-refractivity contribution is 5.57. The maximum Gasteiger partial charge on any atom is 0.433 e. The van der Waals surface area contributed by atoms with Crippen LogP contribution in [0.5, 0.6) is 0 Å². The first kappa shape index (κ1) is 12.4. The average Bonchev–Trinajstić information content (AvgIpc) is 2.56. The quantitative estimate of drug-likeness (QED) is 0.852. The predicted molar refractivity (Wildman–Crippen MR) is 60.2 cm³/mol. The molecule has 0 aliphatic rings. The normalized spacial score (nSPS) is 11.8. The molecule has 0 saturated heterocycles. The average molecular weight is 256 g/mol. The van der Waals surface area contributed by atoms with Crippen LogP contribution in [-0.2, 0) is 6.18 Å². The van der Waals surface area contributed by atoms with Gasteiger partial charge in [-0.3, -0.25) is 0 Å². The molecule has 4 nitrogen and oxygen atoms in total. The van der Waals surface area contributed by atoms with E-state index in [1.54, 1.807) is 19.9 Å². The van der Waals surface area contributed by atoms with E-state index in [2.05, 4.69) is 10.1 Å². The van der Waals surface area contributed by atoms with Crippen LogP contribution in [0.4, 0.5) is 18.9 Å². The Morgan fingerprint density at radius 2 is 1.89 bits per heavy atom. The Bertz CT molecular complexity index is 586. The molecule has 0 saturated carbocycles. The van der Waals surface area contributed by atoms with E-state index in [1.807, 2.05) is 0 Å². The van der Waals surface area contributed by atoms with Gasteiger partial charge in [-0.25, -0.2) is 9.67 Å². The smallest absolute Gasteiger partial charge is 0.396 e. The van der Waals surface area contributed by atoms with Crippen molar-refractivity contribution in [3.63, 3.8) is 0 Å². The Kier molecular flexibility index (Phi) is 2.76. The minimum atomic E-state index is -4.50. The zero-order chi connectivity index (χ0) is 13.5. The van der Waals surface area contributed by atoms with Gasteiger partial charge in [-0.2, -0.15) is 18.3 Å². The third kappa shape index (κ3) is 2.15. The maximum atomic E-state index is 12.6. The largest absolute Gasteiger partial charge is 0.433 e. The van der Waals surface area contributed by atoms with E-state index in [0.717, 1.165) is 12.3 Å². The molecule has 0 bridgehead atoms. The van der Waals surface area contributed by atoms with Crippen molar-refractivity contribution in [3.05, 3.63) is 35.4 Å². The van der Waals surface area contributed by atoms with E-state index >= 15 is 0 Å². The van der Waals surface area contributed by atoms with Gasteiger partial charge in [0.1, 0.15) is 5.69 Å². The summed E-state index contributed by atoms with van der Waals surface area (Å²) >= 11 is 0. The fourth-order valence-corrected chi connectivity index (χ4v) is 1.67. The first-order chi connectivity index (χ1) is 8.29.